The lowest BCUT2D eigenvalue weighted by Crippen LogP contribution is -2.32. The van der Waals surface area contributed by atoms with E-state index in [4.69, 9.17) is 9.47 Å². The highest BCUT2D eigenvalue weighted by Gasteiger charge is 2.30. The van der Waals surface area contributed by atoms with Crippen LogP contribution in [0, 0.1) is 10.1 Å². The number of hydrogen-bond acceptors (Lipinski definition) is 5. The Morgan fingerprint density at radius 2 is 1.81 bits per heavy atom. The first-order chi connectivity index (χ1) is 15.3. The molecule has 0 spiro atoms. The van der Waals surface area contributed by atoms with Crippen molar-refractivity contribution in [2.45, 2.75) is 18.8 Å². The first-order valence-electron chi connectivity index (χ1n) is 9.70. The molecule has 4 rings (SSSR count). The maximum atomic E-state index is 12.7. The fraction of sp³-hybridized carbons (Fsp3) is 0.227. The van der Waals surface area contributed by atoms with Gasteiger partial charge in [-0.05, 0) is 33.7 Å². The van der Waals surface area contributed by atoms with Gasteiger partial charge < -0.3 is 19.6 Å². The standard InChI is InChI=1S/C22H18F3N3O4/c23-22(24,25)18-9-7-17(8-10-18)16-5-3-15(4-6-16)2-1-11-31-19-12-27-13-20(28(29)30)26-21(27)32-14-19/h1-10,13,19H,11-12,14H2/b2-1+/t19-/m0/s1. The molecule has 0 fully saturated rings. The van der Waals surface area contributed by atoms with Crippen LogP contribution in [0.3, 0.4) is 0 Å². The third kappa shape index (κ3) is 4.97. The number of alkyl halides is 3. The van der Waals surface area contributed by atoms with Gasteiger partial charge in [-0.25, -0.2) is 0 Å². The average Bonchev–Trinajstić information content (AvgIpc) is 3.21. The second-order valence-corrected chi connectivity index (χ2v) is 7.16. The van der Waals surface area contributed by atoms with Crippen LogP contribution in [0.1, 0.15) is 11.1 Å². The minimum atomic E-state index is -4.35. The van der Waals surface area contributed by atoms with Gasteiger partial charge >= 0.3 is 18.0 Å². The van der Waals surface area contributed by atoms with Crippen LogP contribution in [0.4, 0.5) is 19.0 Å². The number of rotatable bonds is 6. The molecule has 0 bridgehead atoms. The quantitative estimate of drug-likeness (QED) is 0.396. The van der Waals surface area contributed by atoms with Crippen molar-refractivity contribution < 1.29 is 27.6 Å². The van der Waals surface area contributed by atoms with Gasteiger partial charge in [0.2, 0.25) is 0 Å². The molecule has 7 nitrogen and oxygen atoms in total. The van der Waals surface area contributed by atoms with Gasteiger partial charge in [0, 0.05) is 4.98 Å². The molecule has 1 atom stereocenters. The Morgan fingerprint density at radius 3 is 2.44 bits per heavy atom. The van der Waals surface area contributed by atoms with Gasteiger partial charge in [-0.3, -0.25) is 4.57 Å². The molecule has 0 unspecified atom stereocenters. The Bertz CT molecular complexity index is 1120. The van der Waals surface area contributed by atoms with E-state index in [-0.39, 0.29) is 24.5 Å². The number of ether oxygens (including phenoxy) is 2. The van der Waals surface area contributed by atoms with E-state index >= 15 is 0 Å². The van der Waals surface area contributed by atoms with Gasteiger partial charge in [-0.1, -0.05) is 48.6 Å². The number of halogens is 3. The summed E-state index contributed by atoms with van der Waals surface area (Å²) in [5.74, 6) is -0.264. The van der Waals surface area contributed by atoms with Gasteiger partial charge in [0.05, 0.1) is 18.7 Å². The maximum Gasteiger partial charge on any atom is 0.416 e. The SMILES string of the molecule is O=[N+]([O-])c1cn2c(n1)OC[C@@H](OC/C=C/c1ccc(-c3ccc(C(F)(F)F)cc3)cc1)C2. The van der Waals surface area contributed by atoms with Crippen LogP contribution >= 0.6 is 0 Å². The Balaban J connectivity index is 1.29. The van der Waals surface area contributed by atoms with Crippen molar-refractivity contribution in [1.29, 1.82) is 0 Å². The first kappa shape index (κ1) is 21.6. The third-order valence-corrected chi connectivity index (χ3v) is 4.91. The highest BCUT2D eigenvalue weighted by molar-refractivity contribution is 5.66. The smallest absolute Gasteiger partial charge is 0.416 e. The minimum Gasteiger partial charge on any atom is -0.443 e. The Labute approximate surface area is 180 Å². The number of hydrogen-bond donors (Lipinski definition) is 0. The molecule has 1 aliphatic rings. The highest BCUT2D eigenvalue weighted by atomic mass is 19.4. The number of nitrogens with zero attached hydrogens (tertiary/aromatic N) is 3. The topological polar surface area (TPSA) is 79.4 Å². The van der Waals surface area contributed by atoms with Crippen molar-refractivity contribution in [3.63, 3.8) is 0 Å². The summed E-state index contributed by atoms with van der Waals surface area (Å²) in [7, 11) is 0. The zero-order chi connectivity index (χ0) is 22.7. The van der Waals surface area contributed by atoms with E-state index in [9.17, 15) is 23.3 Å². The molecule has 2 heterocycles. The van der Waals surface area contributed by atoms with Gasteiger partial charge in [-0.15, -0.1) is 0 Å². The van der Waals surface area contributed by atoms with Crippen LogP contribution in [0.25, 0.3) is 17.2 Å². The van der Waals surface area contributed by atoms with Crippen molar-refractivity contribution in [1.82, 2.24) is 9.55 Å². The van der Waals surface area contributed by atoms with Crippen LogP contribution in [0.2, 0.25) is 0 Å². The maximum absolute atomic E-state index is 12.7. The summed E-state index contributed by atoms with van der Waals surface area (Å²) < 4.78 is 50.7. The molecule has 0 saturated heterocycles. The number of aromatic nitrogens is 2. The summed E-state index contributed by atoms with van der Waals surface area (Å²) in [6.07, 6.45) is 0.409. The van der Waals surface area contributed by atoms with Crippen LogP contribution in [-0.4, -0.2) is 33.8 Å². The van der Waals surface area contributed by atoms with Gasteiger partial charge in [-0.2, -0.15) is 13.2 Å². The highest BCUT2D eigenvalue weighted by Crippen LogP contribution is 2.31. The van der Waals surface area contributed by atoms with Crippen molar-refractivity contribution >= 4 is 11.9 Å². The molecule has 2 aromatic carbocycles. The van der Waals surface area contributed by atoms with Crippen LogP contribution in [0.5, 0.6) is 6.01 Å². The molecule has 0 saturated carbocycles. The predicted molar refractivity (Wildman–Crippen MR) is 110 cm³/mol. The molecule has 0 N–H and O–H groups in total. The van der Waals surface area contributed by atoms with Crippen LogP contribution in [-0.2, 0) is 17.5 Å². The average molecular weight is 445 g/mol. The van der Waals surface area contributed by atoms with E-state index in [0.717, 1.165) is 23.3 Å². The van der Waals surface area contributed by atoms with Crippen LogP contribution < -0.4 is 4.74 Å². The second kappa shape index (κ2) is 8.83. The van der Waals surface area contributed by atoms with E-state index in [1.165, 1.54) is 18.3 Å². The second-order valence-electron chi connectivity index (χ2n) is 7.16. The van der Waals surface area contributed by atoms with Crippen molar-refractivity contribution in [3.8, 4) is 17.1 Å². The Kier molecular flexibility index (Phi) is 5.95. The fourth-order valence-electron chi connectivity index (χ4n) is 3.27. The van der Waals surface area contributed by atoms with Gasteiger partial charge in [0.15, 0.2) is 0 Å². The molecule has 10 heteroatoms. The minimum absolute atomic E-state index is 0.209. The van der Waals surface area contributed by atoms with E-state index < -0.39 is 16.7 Å². The van der Waals surface area contributed by atoms with Crippen LogP contribution in [0.15, 0.2) is 60.8 Å². The fourth-order valence-corrected chi connectivity index (χ4v) is 3.27. The van der Waals surface area contributed by atoms with E-state index in [2.05, 4.69) is 4.98 Å². The summed E-state index contributed by atoms with van der Waals surface area (Å²) >= 11 is 0. The summed E-state index contributed by atoms with van der Waals surface area (Å²) in [5.41, 5.74) is 1.76. The third-order valence-electron chi connectivity index (χ3n) is 4.91. The van der Waals surface area contributed by atoms with Crippen molar-refractivity contribution in [3.05, 3.63) is 82.0 Å². The van der Waals surface area contributed by atoms with Crippen molar-refractivity contribution in [2.75, 3.05) is 13.2 Å². The number of benzene rings is 2. The summed E-state index contributed by atoms with van der Waals surface area (Å²) in [5, 5.41) is 10.8. The first-order valence-corrected chi connectivity index (χ1v) is 9.70. The summed E-state index contributed by atoms with van der Waals surface area (Å²) in [6.45, 7) is 0.983. The Morgan fingerprint density at radius 1 is 1.16 bits per heavy atom. The molecular weight excluding hydrogens is 427 g/mol. The molecule has 0 radical (unpaired) electrons. The largest absolute Gasteiger partial charge is 0.443 e. The lowest BCUT2D eigenvalue weighted by Gasteiger charge is -2.21. The molecule has 3 aromatic rings. The summed E-state index contributed by atoms with van der Waals surface area (Å²) in [6, 6.07) is 12.7. The van der Waals surface area contributed by atoms with E-state index in [1.54, 1.807) is 4.57 Å². The van der Waals surface area contributed by atoms with E-state index in [1.807, 2.05) is 36.4 Å². The zero-order valence-corrected chi connectivity index (χ0v) is 16.7. The number of nitro groups is 1. The molecule has 32 heavy (non-hydrogen) atoms. The normalized spacial score (nSPS) is 16.0. The zero-order valence-electron chi connectivity index (χ0n) is 16.7. The van der Waals surface area contributed by atoms with Gasteiger partial charge in [0.25, 0.3) is 0 Å². The molecule has 0 aliphatic carbocycles. The molecular formula is C22H18F3N3O4. The monoisotopic (exact) mass is 445 g/mol. The molecule has 1 aromatic heterocycles. The molecule has 1 aliphatic heterocycles. The number of fused-ring (bicyclic) bond motifs is 1. The molecule has 0 amide bonds. The predicted octanol–water partition coefficient (Wildman–Crippen LogP) is 4.97. The van der Waals surface area contributed by atoms with Crippen molar-refractivity contribution in [2.24, 2.45) is 0 Å². The number of imidazole rings is 1. The Hall–Kier alpha value is -3.66. The van der Waals surface area contributed by atoms with Gasteiger partial charge in [0.1, 0.15) is 18.9 Å². The summed E-state index contributed by atoms with van der Waals surface area (Å²) in [4.78, 5) is 14.0. The molecule has 166 valence electrons. The lowest BCUT2D eigenvalue weighted by atomic mass is 10.0. The van der Waals surface area contributed by atoms with E-state index in [0.29, 0.717) is 18.7 Å². The lowest BCUT2D eigenvalue weighted by molar-refractivity contribution is -0.389.